The second-order valence-electron chi connectivity index (χ2n) is 7.59. The molecule has 0 aromatic carbocycles. The highest BCUT2D eigenvalue weighted by Crippen LogP contribution is 2.46. The van der Waals surface area contributed by atoms with Gasteiger partial charge >= 0.3 is 6.18 Å². The zero-order valence-electron chi connectivity index (χ0n) is 13.5. The fourth-order valence-corrected chi connectivity index (χ4v) is 5.10. The summed E-state index contributed by atoms with van der Waals surface area (Å²) in [5, 5.41) is 3.28. The zero-order valence-corrected chi connectivity index (χ0v) is 13.5. The molecule has 2 aliphatic rings. The van der Waals surface area contributed by atoms with E-state index in [1.807, 2.05) is 7.05 Å². The maximum absolute atomic E-state index is 13.4. The van der Waals surface area contributed by atoms with Crippen LogP contribution in [0, 0.1) is 29.6 Å². The Morgan fingerprint density at radius 1 is 0.952 bits per heavy atom. The third-order valence-electron chi connectivity index (χ3n) is 5.76. The summed E-state index contributed by atoms with van der Waals surface area (Å²) in [6.45, 7) is 4.50. The molecule has 124 valence electrons. The number of nitrogens with one attached hydrogen (secondary N) is 1. The lowest BCUT2D eigenvalue weighted by molar-refractivity contribution is -0.201. The number of hydrogen-bond acceptors (Lipinski definition) is 1. The van der Waals surface area contributed by atoms with E-state index in [4.69, 9.17) is 0 Å². The van der Waals surface area contributed by atoms with Gasteiger partial charge in [-0.15, -0.1) is 0 Å². The summed E-state index contributed by atoms with van der Waals surface area (Å²) in [7, 11) is 1.86. The molecule has 2 fully saturated rings. The normalized spacial score (nSPS) is 40.0. The first kappa shape index (κ1) is 17.1. The van der Waals surface area contributed by atoms with Crippen LogP contribution in [0.15, 0.2) is 0 Å². The van der Waals surface area contributed by atoms with E-state index in [1.165, 1.54) is 6.42 Å². The van der Waals surface area contributed by atoms with Crippen molar-refractivity contribution in [2.45, 2.75) is 71.0 Å². The summed E-state index contributed by atoms with van der Waals surface area (Å²) < 4.78 is 40.1. The lowest BCUT2D eigenvalue weighted by Crippen LogP contribution is -2.49. The van der Waals surface area contributed by atoms with Gasteiger partial charge in [0.05, 0.1) is 5.92 Å². The van der Waals surface area contributed by atoms with E-state index in [9.17, 15) is 13.2 Å². The number of rotatable bonds is 3. The van der Waals surface area contributed by atoms with Crippen molar-refractivity contribution in [3.05, 3.63) is 0 Å². The van der Waals surface area contributed by atoms with Gasteiger partial charge < -0.3 is 5.32 Å². The third-order valence-corrected chi connectivity index (χ3v) is 5.76. The van der Waals surface area contributed by atoms with Crippen molar-refractivity contribution in [2.24, 2.45) is 29.6 Å². The lowest BCUT2D eigenvalue weighted by atomic mass is 9.66. The Morgan fingerprint density at radius 2 is 1.52 bits per heavy atom. The molecule has 0 aromatic rings. The Balaban J connectivity index is 2.14. The molecule has 0 bridgehead atoms. The van der Waals surface area contributed by atoms with Gasteiger partial charge in [-0.05, 0) is 62.8 Å². The van der Waals surface area contributed by atoms with Crippen LogP contribution in [0.3, 0.4) is 0 Å². The predicted octanol–water partition coefficient (Wildman–Crippen LogP) is 5.02. The predicted molar refractivity (Wildman–Crippen MR) is 80.0 cm³/mol. The van der Waals surface area contributed by atoms with Gasteiger partial charge in [0, 0.05) is 6.04 Å². The first-order valence-electron chi connectivity index (χ1n) is 8.56. The van der Waals surface area contributed by atoms with Crippen molar-refractivity contribution in [1.82, 2.24) is 5.32 Å². The van der Waals surface area contributed by atoms with Crippen LogP contribution < -0.4 is 5.32 Å². The number of halogens is 3. The fourth-order valence-electron chi connectivity index (χ4n) is 5.10. The van der Waals surface area contributed by atoms with Crippen LogP contribution in [0.4, 0.5) is 13.2 Å². The molecule has 0 saturated heterocycles. The molecule has 5 unspecified atom stereocenters. The molecule has 0 heterocycles. The van der Waals surface area contributed by atoms with Crippen LogP contribution in [0.1, 0.15) is 58.8 Å². The molecule has 0 aliphatic heterocycles. The van der Waals surface area contributed by atoms with E-state index in [-0.39, 0.29) is 12.0 Å². The molecule has 21 heavy (non-hydrogen) atoms. The highest BCUT2D eigenvalue weighted by atomic mass is 19.4. The van der Waals surface area contributed by atoms with Crippen LogP contribution >= 0.6 is 0 Å². The van der Waals surface area contributed by atoms with Gasteiger partial charge in [0.25, 0.3) is 0 Å². The standard InChI is InChI=1S/C17H30F3N/c1-11-8-12(2)10-13(9-11)16(21-3)14-6-4-5-7-15(14)17(18,19)20/h11-16,21H,4-10H2,1-3H3. The molecule has 0 radical (unpaired) electrons. The van der Waals surface area contributed by atoms with Crippen LogP contribution in [0.2, 0.25) is 0 Å². The fraction of sp³-hybridized carbons (Fsp3) is 1.00. The molecule has 1 nitrogen and oxygen atoms in total. The average Bonchev–Trinajstić information content (AvgIpc) is 2.38. The average molecular weight is 305 g/mol. The molecule has 0 amide bonds. The van der Waals surface area contributed by atoms with E-state index in [0.717, 1.165) is 32.1 Å². The Kier molecular flexibility index (Phi) is 5.61. The van der Waals surface area contributed by atoms with E-state index >= 15 is 0 Å². The summed E-state index contributed by atoms with van der Waals surface area (Å²) in [5.41, 5.74) is 0. The lowest BCUT2D eigenvalue weighted by Gasteiger charge is -2.44. The van der Waals surface area contributed by atoms with Crippen LogP contribution in [-0.2, 0) is 0 Å². The minimum atomic E-state index is -4.04. The highest BCUT2D eigenvalue weighted by Gasteiger charge is 2.49. The number of hydrogen-bond donors (Lipinski definition) is 1. The van der Waals surface area contributed by atoms with Gasteiger partial charge in [-0.2, -0.15) is 13.2 Å². The third kappa shape index (κ3) is 4.14. The highest BCUT2D eigenvalue weighted by molar-refractivity contribution is 4.93. The van der Waals surface area contributed by atoms with Crippen molar-refractivity contribution >= 4 is 0 Å². The first-order chi connectivity index (χ1) is 9.82. The molecule has 0 aromatic heterocycles. The van der Waals surface area contributed by atoms with Crippen molar-refractivity contribution in [1.29, 1.82) is 0 Å². The van der Waals surface area contributed by atoms with E-state index in [2.05, 4.69) is 19.2 Å². The Morgan fingerprint density at radius 3 is 2.05 bits per heavy atom. The Hall–Kier alpha value is -0.250. The van der Waals surface area contributed by atoms with Gasteiger partial charge in [-0.3, -0.25) is 0 Å². The van der Waals surface area contributed by atoms with Crippen molar-refractivity contribution in [3.8, 4) is 0 Å². The van der Waals surface area contributed by atoms with E-state index in [1.54, 1.807) is 0 Å². The molecular weight excluding hydrogens is 275 g/mol. The number of alkyl halides is 3. The minimum absolute atomic E-state index is 0.0297. The molecule has 2 saturated carbocycles. The summed E-state index contributed by atoms with van der Waals surface area (Å²) in [6.07, 6.45) is 2.08. The van der Waals surface area contributed by atoms with Crippen LogP contribution in [0.5, 0.6) is 0 Å². The zero-order chi connectivity index (χ0) is 15.6. The summed E-state index contributed by atoms with van der Waals surface area (Å²) in [5.74, 6) is 0.356. The maximum atomic E-state index is 13.4. The smallest absolute Gasteiger partial charge is 0.316 e. The maximum Gasteiger partial charge on any atom is 0.392 e. The molecule has 4 heteroatoms. The molecule has 0 spiro atoms. The van der Waals surface area contributed by atoms with Gasteiger partial charge in [0.1, 0.15) is 0 Å². The molecular formula is C17H30F3N. The first-order valence-corrected chi connectivity index (χ1v) is 8.56. The SMILES string of the molecule is CNC(C1CC(C)CC(C)C1)C1CCCCC1C(F)(F)F. The van der Waals surface area contributed by atoms with Crippen LogP contribution in [-0.4, -0.2) is 19.3 Å². The Bertz CT molecular complexity index is 318. The monoisotopic (exact) mass is 305 g/mol. The molecule has 1 N–H and O–H groups in total. The molecule has 2 aliphatic carbocycles. The Labute approximate surface area is 127 Å². The largest absolute Gasteiger partial charge is 0.392 e. The molecule has 5 atom stereocenters. The van der Waals surface area contributed by atoms with Gasteiger partial charge in [0.15, 0.2) is 0 Å². The van der Waals surface area contributed by atoms with E-state index in [0.29, 0.717) is 24.2 Å². The summed E-state index contributed by atoms with van der Waals surface area (Å²) >= 11 is 0. The van der Waals surface area contributed by atoms with Crippen molar-refractivity contribution in [3.63, 3.8) is 0 Å². The topological polar surface area (TPSA) is 12.0 Å². The second kappa shape index (κ2) is 6.89. The minimum Gasteiger partial charge on any atom is -0.316 e. The van der Waals surface area contributed by atoms with Gasteiger partial charge in [-0.25, -0.2) is 0 Å². The van der Waals surface area contributed by atoms with Crippen LogP contribution in [0.25, 0.3) is 0 Å². The van der Waals surface area contributed by atoms with Gasteiger partial charge in [0.2, 0.25) is 0 Å². The summed E-state index contributed by atoms with van der Waals surface area (Å²) in [4.78, 5) is 0. The van der Waals surface area contributed by atoms with Crippen molar-refractivity contribution in [2.75, 3.05) is 7.05 Å². The van der Waals surface area contributed by atoms with Gasteiger partial charge in [-0.1, -0.05) is 26.7 Å². The van der Waals surface area contributed by atoms with E-state index < -0.39 is 12.1 Å². The second-order valence-corrected chi connectivity index (χ2v) is 7.59. The quantitative estimate of drug-likeness (QED) is 0.772. The molecule has 2 rings (SSSR count). The van der Waals surface area contributed by atoms with Crippen molar-refractivity contribution < 1.29 is 13.2 Å². The summed E-state index contributed by atoms with van der Waals surface area (Å²) in [6, 6.07) is 0.0297.